The first-order valence-corrected chi connectivity index (χ1v) is 6.01. The average Bonchev–Trinajstić information content (AvgIpc) is 2.71. The first-order valence-electron chi connectivity index (χ1n) is 6.01. The van der Waals surface area contributed by atoms with Crippen molar-refractivity contribution in [2.45, 2.75) is 45.1 Å². The zero-order valence-electron chi connectivity index (χ0n) is 8.45. The normalized spacial score (nSPS) is 58.6. The second-order valence-corrected chi connectivity index (χ2v) is 5.38. The van der Waals surface area contributed by atoms with Crippen molar-refractivity contribution in [3.63, 3.8) is 0 Å². The van der Waals surface area contributed by atoms with Gasteiger partial charge in [0.15, 0.2) is 0 Å². The van der Waals surface area contributed by atoms with Crippen molar-refractivity contribution in [2.75, 3.05) is 0 Å². The number of rotatable bonds is 1. The average molecular weight is 180 g/mol. The van der Waals surface area contributed by atoms with Crippen LogP contribution < -0.4 is 0 Å². The lowest BCUT2D eigenvalue weighted by atomic mass is 9.73. The van der Waals surface area contributed by atoms with Gasteiger partial charge < -0.3 is 5.11 Å². The van der Waals surface area contributed by atoms with Crippen molar-refractivity contribution >= 4 is 0 Å². The Labute approximate surface area is 80.5 Å². The van der Waals surface area contributed by atoms with Crippen LogP contribution >= 0.6 is 0 Å². The molecule has 74 valence electrons. The molecular formula is C12H20O. The molecule has 0 aromatic carbocycles. The molecule has 1 nitrogen and oxygen atoms in total. The van der Waals surface area contributed by atoms with E-state index in [0.717, 1.165) is 17.8 Å². The third kappa shape index (κ3) is 0.918. The molecule has 0 aliphatic heterocycles. The van der Waals surface area contributed by atoms with Crippen molar-refractivity contribution < 1.29 is 5.11 Å². The summed E-state index contributed by atoms with van der Waals surface area (Å²) in [6.45, 7) is 2.25. The van der Waals surface area contributed by atoms with E-state index in [9.17, 15) is 5.11 Å². The van der Waals surface area contributed by atoms with Crippen molar-refractivity contribution in [1.82, 2.24) is 0 Å². The van der Waals surface area contributed by atoms with Crippen LogP contribution in [0.5, 0.6) is 0 Å². The highest BCUT2D eigenvalue weighted by molar-refractivity contribution is 5.06. The summed E-state index contributed by atoms with van der Waals surface area (Å²) in [6, 6.07) is 0. The fraction of sp³-hybridized carbons (Fsp3) is 1.00. The smallest absolute Gasteiger partial charge is 0.0602 e. The van der Waals surface area contributed by atoms with Crippen LogP contribution in [0.15, 0.2) is 0 Å². The van der Waals surface area contributed by atoms with Gasteiger partial charge in [-0.15, -0.1) is 0 Å². The molecule has 1 N–H and O–H groups in total. The highest BCUT2D eigenvalue weighted by Crippen LogP contribution is 2.61. The Morgan fingerprint density at radius 2 is 1.77 bits per heavy atom. The van der Waals surface area contributed by atoms with Crippen molar-refractivity contribution in [2.24, 2.45) is 29.6 Å². The lowest BCUT2D eigenvalue weighted by Gasteiger charge is -2.35. The molecule has 0 amide bonds. The summed E-state index contributed by atoms with van der Waals surface area (Å²) in [5.74, 6) is 4.19. The maximum atomic E-state index is 10.1. The van der Waals surface area contributed by atoms with Crippen LogP contribution in [0.1, 0.15) is 39.0 Å². The summed E-state index contributed by atoms with van der Waals surface area (Å²) in [5.41, 5.74) is 0. The maximum Gasteiger partial charge on any atom is 0.0602 e. The predicted molar refractivity (Wildman–Crippen MR) is 52.2 cm³/mol. The molecule has 1 heteroatoms. The quantitative estimate of drug-likeness (QED) is 0.657. The Bertz CT molecular complexity index is 211. The van der Waals surface area contributed by atoms with E-state index in [1.807, 2.05) is 0 Å². The fourth-order valence-corrected chi connectivity index (χ4v) is 4.74. The second kappa shape index (κ2) is 2.73. The highest BCUT2D eigenvalue weighted by Gasteiger charge is 2.57. The van der Waals surface area contributed by atoms with E-state index in [0.29, 0.717) is 11.8 Å². The summed E-state index contributed by atoms with van der Waals surface area (Å²) in [6.07, 6.45) is 6.94. The highest BCUT2D eigenvalue weighted by atomic mass is 16.3. The summed E-state index contributed by atoms with van der Waals surface area (Å²) in [7, 11) is 0. The van der Waals surface area contributed by atoms with Crippen LogP contribution in [0.2, 0.25) is 0 Å². The van der Waals surface area contributed by atoms with Gasteiger partial charge >= 0.3 is 0 Å². The van der Waals surface area contributed by atoms with Gasteiger partial charge in [0.2, 0.25) is 0 Å². The van der Waals surface area contributed by atoms with Crippen LogP contribution in [-0.4, -0.2) is 11.2 Å². The topological polar surface area (TPSA) is 20.2 Å². The van der Waals surface area contributed by atoms with Gasteiger partial charge in [-0.3, -0.25) is 0 Å². The van der Waals surface area contributed by atoms with Crippen LogP contribution in [0, 0.1) is 29.6 Å². The van der Waals surface area contributed by atoms with Gasteiger partial charge in [0.05, 0.1) is 6.10 Å². The summed E-state index contributed by atoms with van der Waals surface area (Å²) >= 11 is 0. The number of hydrogen-bond donors (Lipinski definition) is 1. The Kier molecular flexibility index (Phi) is 1.74. The van der Waals surface area contributed by atoms with E-state index in [-0.39, 0.29) is 6.10 Å². The predicted octanol–water partition coefficient (Wildman–Crippen LogP) is 2.44. The van der Waals surface area contributed by atoms with E-state index in [2.05, 4.69) is 6.92 Å². The SMILES string of the molecule is CCC1C(O)C2CC1C1CCCC21. The summed E-state index contributed by atoms with van der Waals surface area (Å²) < 4.78 is 0. The minimum atomic E-state index is 0.0642. The zero-order valence-corrected chi connectivity index (χ0v) is 8.45. The number of fused-ring (bicyclic) bond motifs is 5. The van der Waals surface area contributed by atoms with Gasteiger partial charge in [0.1, 0.15) is 0 Å². The monoisotopic (exact) mass is 180 g/mol. The number of hydrogen-bond acceptors (Lipinski definition) is 1. The third-order valence-corrected chi connectivity index (χ3v) is 5.17. The first kappa shape index (κ1) is 8.28. The minimum Gasteiger partial charge on any atom is -0.393 e. The van der Waals surface area contributed by atoms with Crippen LogP contribution in [0.4, 0.5) is 0 Å². The number of aliphatic hydroxyl groups is 1. The molecule has 0 aromatic rings. The summed E-state index contributed by atoms with van der Waals surface area (Å²) in [4.78, 5) is 0. The van der Waals surface area contributed by atoms with Gasteiger partial charge in [-0.25, -0.2) is 0 Å². The largest absolute Gasteiger partial charge is 0.393 e. The first-order chi connectivity index (χ1) is 6.33. The summed E-state index contributed by atoms with van der Waals surface area (Å²) in [5, 5.41) is 10.1. The van der Waals surface area contributed by atoms with Crippen LogP contribution in [-0.2, 0) is 0 Å². The Morgan fingerprint density at radius 1 is 1.08 bits per heavy atom. The third-order valence-electron chi connectivity index (χ3n) is 5.17. The molecule has 3 aliphatic carbocycles. The molecule has 0 heterocycles. The standard InChI is InChI=1S/C12H20O/c1-2-7-10-6-11(12(7)13)9-5-3-4-8(9)10/h7-13H,2-6H2,1H3. The van der Waals surface area contributed by atoms with E-state index in [1.165, 1.54) is 32.1 Å². The minimum absolute atomic E-state index is 0.0642. The molecule has 2 bridgehead atoms. The van der Waals surface area contributed by atoms with Gasteiger partial charge in [-0.2, -0.15) is 0 Å². The van der Waals surface area contributed by atoms with Crippen LogP contribution in [0.25, 0.3) is 0 Å². The molecule has 0 spiro atoms. The molecular weight excluding hydrogens is 160 g/mol. The zero-order chi connectivity index (χ0) is 9.00. The molecule has 0 aromatic heterocycles. The number of aliphatic hydroxyl groups excluding tert-OH is 1. The van der Waals surface area contributed by atoms with E-state index < -0.39 is 0 Å². The van der Waals surface area contributed by atoms with Gasteiger partial charge in [0, 0.05) is 0 Å². The van der Waals surface area contributed by atoms with Gasteiger partial charge in [-0.1, -0.05) is 19.8 Å². The molecule has 0 saturated heterocycles. The van der Waals surface area contributed by atoms with Gasteiger partial charge in [0.25, 0.3) is 0 Å². The van der Waals surface area contributed by atoms with E-state index >= 15 is 0 Å². The molecule has 6 atom stereocenters. The maximum absolute atomic E-state index is 10.1. The Morgan fingerprint density at radius 3 is 2.46 bits per heavy atom. The van der Waals surface area contributed by atoms with E-state index in [1.54, 1.807) is 0 Å². The van der Waals surface area contributed by atoms with Crippen LogP contribution in [0.3, 0.4) is 0 Å². The van der Waals surface area contributed by atoms with Crippen molar-refractivity contribution in [3.8, 4) is 0 Å². The van der Waals surface area contributed by atoms with Crippen molar-refractivity contribution in [1.29, 1.82) is 0 Å². The van der Waals surface area contributed by atoms with Crippen molar-refractivity contribution in [3.05, 3.63) is 0 Å². The molecule has 3 fully saturated rings. The molecule has 3 rings (SSSR count). The molecule has 3 aliphatic rings. The Balaban J connectivity index is 1.87. The Hall–Kier alpha value is -0.0400. The fourth-order valence-electron chi connectivity index (χ4n) is 4.74. The second-order valence-electron chi connectivity index (χ2n) is 5.38. The lowest BCUT2D eigenvalue weighted by molar-refractivity contribution is 0.0110. The molecule has 3 saturated carbocycles. The van der Waals surface area contributed by atoms with Gasteiger partial charge in [-0.05, 0) is 48.9 Å². The molecule has 0 radical (unpaired) electrons. The molecule has 13 heavy (non-hydrogen) atoms. The lowest BCUT2D eigenvalue weighted by Crippen LogP contribution is -2.35. The molecule has 6 unspecified atom stereocenters. The van der Waals surface area contributed by atoms with E-state index in [4.69, 9.17) is 0 Å².